The number of rotatable bonds is 12. The van der Waals surface area contributed by atoms with Crippen molar-refractivity contribution in [3.63, 3.8) is 0 Å². The number of benzene rings is 2. The highest BCUT2D eigenvalue weighted by molar-refractivity contribution is 5.97. The second-order valence-electron chi connectivity index (χ2n) is 10.8. The molecule has 0 fully saturated rings. The molecule has 10 heteroatoms. The van der Waals surface area contributed by atoms with Crippen molar-refractivity contribution in [2.75, 3.05) is 46.9 Å². The third kappa shape index (κ3) is 9.71. The van der Waals surface area contributed by atoms with E-state index in [1.165, 1.54) is 12.1 Å². The Kier molecular flexibility index (Phi) is 12.6. The summed E-state index contributed by atoms with van der Waals surface area (Å²) in [5.41, 5.74) is 1.17. The second kappa shape index (κ2) is 16.1. The average Bonchev–Trinajstić information content (AvgIpc) is 3.48. The first-order valence-corrected chi connectivity index (χ1v) is 14.1. The number of halogens is 2. The van der Waals surface area contributed by atoms with Crippen LogP contribution in [0.2, 0.25) is 0 Å². The van der Waals surface area contributed by atoms with E-state index in [1.54, 1.807) is 12.3 Å². The predicted octanol–water partition coefficient (Wildman–Crippen LogP) is 1.31. The fourth-order valence-electron chi connectivity index (χ4n) is 4.67. The molecule has 1 amide bonds. The molecule has 0 bridgehead atoms. The molecule has 1 aromatic heterocycles. The molecule has 4 rings (SSSR count). The van der Waals surface area contributed by atoms with Crippen LogP contribution in [0.4, 0.5) is 4.39 Å². The van der Waals surface area contributed by atoms with Crippen LogP contribution >= 0.6 is 0 Å². The van der Waals surface area contributed by atoms with Gasteiger partial charge in [-0.25, -0.2) is 4.39 Å². The summed E-state index contributed by atoms with van der Waals surface area (Å²) >= 11 is 0. The molecule has 224 valence electrons. The lowest BCUT2D eigenvalue weighted by Crippen LogP contribution is -3.00. The molecule has 1 N–H and O–H groups in total. The van der Waals surface area contributed by atoms with E-state index in [-0.39, 0.29) is 27.9 Å². The number of ether oxygens (including phenoxy) is 1. The van der Waals surface area contributed by atoms with Crippen LogP contribution in [0.5, 0.6) is 0 Å². The molecular weight excluding hydrogens is 603 g/mol. The Labute approximate surface area is 256 Å². The molecule has 0 radical (unpaired) electrons. The van der Waals surface area contributed by atoms with E-state index < -0.39 is 17.2 Å². The average molecular weight is 642 g/mol. The Hall–Kier alpha value is -3.68. The van der Waals surface area contributed by atoms with Gasteiger partial charge in [0.15, 0.2) is 6.61 Å². The normalized spacial score (nSPS) is 12.5. The molecule has 0 aliphatic carbocycles. The Morgan fingerprint density at radius 3 is 2.67 bits per heavy atom. The number of unbranched alkanes of at least 4 members (excludes halogenated alkanes) is 3. The van der Waals surface area contributed by atoms with E-state index in [0.29, 0.717) is 44.1 Å². The highest BCUT2D eigenvalue weighted by Gasteiger charge is 2.17. The Balaban J connectivity index is 0.00000484. The second-order valence-corrected chi connectivity index (χ2v) is 10.8. The number of fused-ring (bicyclic) bond motifs is 1. The van der Waals surface area contributed by atoms with Crippen LogP contribution in [-0.2, 0) is 16.1 Å². The van der Waals surface area contributed by atoms with Crippen LogP contribution in [0.3, 0.4) is 0 Å². The molecule has 0 saturated carbocycles. The van der Waals surface area contributed by atoms with Crippen LogP contribution in [0.25, 0.3) is 10.9 Å². The molecule has 8 nitrogen and oxygen atoms in total. The maximum atomic E-state index is 14.0. The van der Waals surface area contributed by atoms with E-state index in [9.17, 15) is 14.0 Å². The van der Waals surface area contributed by atoms with E-state index >= 15 is 0 Å². The van der Waals surface area contributed by atoms with Gasteiger partial charge in [0.25, 0.3) is 5.91 Å². The number of nitrogens with one attached hydrogen (secondary N) is 1. The van der Waals surface area contributed by atoms with E-state index in [2.05, 4.69) is 36.4 Å². The quantitative estimate of drug-likeness (QED) is 0.184. The first-order chi connectivity index (χ1) is 19.8. The molecule has 0 spiro atoms. The lowest BCUT2D eigenvalue weighted by Gasteiger charge is -2.27. The fraction of sp³-hybridized carbons (Fsp3) is 0.406. The molecule has 1 aliphatic heterocycles. The summed E-state index contributed by atoms with van der Waals surface area (Å²) in [5.74, 6) is 5.88. The van der Waals surface area contributed by atoms with Gasteiger partial charge in [0.05, 0.1) is 32.6 Å². The number of hydrogen-bond acceptors (Lipinski definition) is 5. The lowest BCUT2D eigenvalue weighted by atomic mass is 10.1. The number of oxime groups is 1. The number of carbonyl (C=O) groups excluding carboxylic acids is 1. The van der Waals surface area contributed by atoms with Crippen LogP contribution in [-0.4, -0.2) is 67.8 Å². The van der Waals surface area contributed by atoms with Gasteiger partial charge in [-0.1, -0.05) is 47.8 Å². The van der Waals surface area contributed by atoms with Crippen molar-refractivity contribution in [3.8, 4) is 11.8 Å². The standard InChI is InChI=1S/C32H37FN4O4.BrH/c1-37(2,19-10-11-20-40-30-16-21-41-35-30)18-9-4-3-8-17-34-32(39)28-24-36(23-25-12-6-5-7-13-25)29-15-14-26(33)22-27(29)31(28)38;/h5-7,12-15,22,24H,3-4,8-9,16-21,23H2,1-2H3;1H. The summed E-state index contributed by atoms with van der Waals surface area (Å²) in [5, 5.41) is 6.86. The van der Waals surface area contributed by atoms with Crippen LogP contribution in [0, 0.1) is 17.7 Å². The zero-order valence-corrected chi connectivity index (χ0v) is 25.8. The molecule has 1 aliphatic rings. The van der Waals surface area contributed by atoms with E-state index in [4.69, 9.17) is 9.57 Å². The highest BCUT2D eigenvalue weighted by atomic mass is 79.9. The van der Waals surface area contributed by atoms with Gasteiger partial charge >= 0.3 is 0 Å². The summed E-state index contributed by atoms with van der Waals surface area (Å²) in [6, 6.07) is 13.9. The van der Waals surface area contributed by atoms with Gasteiger partial charge in [-0.05, 0) is 48.9 Å². The predicted molar refractivity (Wildman–Crippen MR) is 158 cm³/mol. The third-order valence-corrected chi connectivity index (χ3v) is 6.97. The van der Waals surface area contributed by atoms with Gasteiger partial charge in [-0.15, -0.1) is 0 Å². The fourth-order valence-corrected chi connectivity index (χ4v) is 4.67. The summed E-state index contributed by atoms with van der Waals surface area (Å²) in [6.45, 7) is 3.56. The molecule has 2 heterocycles. The van der Waals surface area contributed by atoms with Gasteiger partial charge in [0.2, 0.25) is 11.3 Å². The number of pyridine rings is 1. The third-order valence-electron chi connectivity index (χ3n) is 6.97. The van der Waals surface area contributed by atoms with Crippen LogP contribution in [0.15, 0.2) is 64.7 Å². The van der Waals surface area contributed by atoms with Gasteiger partial charge in [-0.3, -0.25) is 9.59 Å². The van der Waals surface area contributed by atoms with E-state index in [1.807, 2.05) is 34.9 Å². The number of aromatic nitrogens is 1. The van der Waals surface area contributed by atoms with Crippen molar-refractivity contribution in [1.29, 1.82) is 0 Å². The molecule has 0 saturated heterocycles. The zero-order valence-electron chi connectivity index (χ0n) is 24.2. The van der Waals surface area contributed by atoms with Crippen LogP contribution in [0.1, 0.15) is 48.0 Å². The zero-order chi connectivity index (χ0) is 29.1. The first-order valence-electron chi connectivity index (χ1n) is 14.1. The summed E-state index contributed by atoms with van der Waals surface area (Å²) in [7, 11) is 4.31. The minimum atomic E-state index is -0.508. The van der Waals surface area contributed by atoms with Crippen molar-refractivity contribution in [3.05, 3.63) is 81.9 Å². The van der Waals surface area contributed by atoms with Crippen molar-refractivity contribution in [2.24, 2.45) is 5.16 Å². The number of carbonyl (C=O) groups is 1. The largest absolute Gasteiger partial charge is 1.00 e. The van der Waals surface area contributed by atoms with E-state index in [0.717, 1.165) is 48.8 Å². The summed E-state index contributed by atoms with van der Waals surface area (Å²) < 4.78 is 22.1. The van der Waals surface area contributed by atoms with Gasteiger partial charge in [-0.2, -0.15) is 0 Å². The van der Waals surface area contributed by atoms with Crippen molar-refractivity contribution >= 4 is 22.7 Å². The molecule has 42 heavy (non-hydrogen) atoms. The molecule has 0 atom stereocenters. The number of quaternary nitrogens is 1. The Bertz CT molecular complexity index is 1500. The number of nitrogens with zero attached hydrogens (tertiary/aromatic N) is 3. The monoisotopic (exact) mass is 640 g/mol. The summed E-state index contributed by atoms with van der Waals surface area (Å²) in [4.78, 5) is 31.0. The van der Waals surface area contributed by atoms with Crippen LogP contribution < -0.4 is 27.7 Å². The molecule has 0 unspecified atom stereocenters. The van der Waals surface area contributed by atoms with Crippen molar-refractivity contribution < 1.29 is 40.2 Å². The number of amides is 1. The molecular formula is C32H38BrFN4O4. The van der Waals surface area contributed by atoms with Crippen molar-refractivity contribution in [2.45, 2.75) is 38.6 Å². The maximum Gasteiger partial charge on any atom is 0.256 e. The smallest absolute Gasteiger partial charge is 0.256 e. The lowest BCUT2D eigenvalue weighted by molar-refractivity contribution is -0.883. The Morgan fingerprint density at radius 2 is 1.90 bits per heavy atom. The molecule has 2 aromatic carbocycles. The highest BCUT2D eigenvalue weighted by Crippen LogP contribution is 2.16. The van der Waals surface area contributed by atoms with Gasteiger partial charge in [0, 0.05) is 24.7 Å². The van der Waals surface area contributed by atoms with Crippen molar-refractivity contribution in [1.82, 2.24) is 9.88 Å². The van der Waals surface area contributed by atoms with Gasteiger partial charge < -0.3 is 40.9 Å². The van der Waals surface area contributed by atoms with Gasteiger partial charge in [0.1, 0.15) is 24.5 Å². The summed E-state index contributed by atoms with van der Waals surface area (Å²) in [6.07, 6.45) is 6.14. The minimum Gasteiger partial charge on any atom is -1.00 e. The topological polar surface area (TPSA) is 81.9 Å². The minimum absolute atomic E-state index is 0. The maximum absolute atomic E-state index is 14.0. The number of hydrogen-bond donors (Lipinski definition) is 1. The SMILES string of the molecule is C[N+](C)(CC#CCOC1=NOCC1)CCCCCCNC(=O)c1cn(Cc2ccccc2)c2ccc(F)cc2c1=O.[Br-]. The first kappa shape index (κ1) is 32.8. The Morgan fingerprint density at radius 1 is 1.12 bits per heavy atom. The molecule has 3 aromatic rings.